The maximum atomic E-state index is 13.6. The van der Waals surface area contributed by atoms with E-state index in [9.17, 15) is 14.4 Å². The van der Waals surface area contributed by atoms with Crippen LogP contribution in [0.4, 0.5) is 0 Å². The Morgan fingerprint density at radius 2 is 1.38 bits per heavy atom. The molecule has 3 aromatic carbocycles. The first-order valence-electron chi connectivity index (χ1n) is 24.5. The van der Waals surface area contributed by atoms with Crippen LogP contribution in [0.1, 0.15) is 119 Å². The molecule has 12 atom stereocenters. The van der Waals surface area contributed by atoms with Crippen LogP contribution < -0.4 is 4.74 Å². The highest BCUT2D eigenvalue weighted by molar-refractivity contribution is 5.89. The summed E-state index contributed by atoms with van der Waals surface area (Å²) in [6, 6.07) is 25.6. The summed E-state index contributed by atoms with van der Waals surface area (Å²) >= 11 is 0. The van der Waals surface area contributed by atoms with Gasteiger partial charge in [0.1, 0.15) is 11.9 Å². The van der Waals surface area contributed by atoms with Gasteiger partial charge >= 0.3 is 17.9 Å². The van der Waals surface area contributed by atoms with Crippen LogP contribution in [-0.4, -0.2) is 99.3 Å². The van der Waals surface area contributed by atoms with E-state index in [1.165, 1.54) is 0 Å². The molecule has 4 aliphatic rings. The smallest absolute Gasteiger partial charge is 0.338 e. The Labute approximate surface area is 403 Å². The third-order valence-corrected chi connectivity index (χ3v) is 13.9. The summed E-state index contributed by atoms with van der Waals surface area (Å²) in [5.74, 6) is -0.245. The van der Waals surface area contributed by atoms with E-state index < -0.39 is 54.0 Å². The molecule has 7 rings (SSSR count). The van der Waals surface area contributed by atoms with Gasteiger partial charge in [-0.1, -0.05) is 75.5 Å². The standard InChI is InChI=1S/C56H72O12/c1-35-30-44(25-26-45-36(2)31-43(64-45)20-15-28-62-55(59)56(5,6)7)65-47(37(35)3)32-49-51(63-34-39-21-23-42(60-8)24-22-39)38(4)52-50(66-49)33-48(68-54(58)41-18-13-10-14-19-41)46(67-52)27-29-61-53(57)40-16-11-9-12-17-40/h9-14,16-19,21-24,35,38,43-52H,2-3,15,20,25-34H2,1,4-8H3/t35?,38-,43+,44?,45+,46?,47?,48?,49+,50?,51?,52+/m1/s1. The Morgan fingerprint density at radius 1 is 0.706 bits per heavy atom. The molecule has 7 unspecified atom stereocenters. The maximum absolute atomic E-state index is 13.6. The van der Waals surface area contributed by atoms with Gasteiger partial charge in [0.25, 0.3) is 0 Å². The quantitative estimate of drug-likeness (QED) is 0.0490. The zero-order valence-corrected chi connectivity index (χ0v) is 40.8. The predicted octanol–water partition coefficient (Wildman–Crippen LogP) is 10.2. The molecule has 4 saturated heterocycles. The summed E-state index contributed by atoms with van der Waals surface area (Å²) in [6.45, 7) is 19.6. The molecular formula is C56H72O12. The fourth-order valence-corrected chi connectivity index (χ4v) is 9.88. The molecule has 68 heavy (non-hydrogen) atoms. The van der Waals surface area contributed by atoms with E-state index in [2.05, 4.69) is 27.0 Å². The first-order valence-corrected chi connectivity index (χ1v) is 24.5. The zero-order valence-electron chi connectivity index (χ0n) is 40.8. The molecular weight excluding hydrogens is 865 g/mol. The molecule has 0 aromatic heterocycles. The Hall–Kier alpha value is -4.85. The molecule has 0 aliphatic carbocycles. The van der Waals surface area contributed by atoms with Crippen LogP contribution in [0.25, 0.3) is 0 Å². The summed E-state index contributed by atoms with van der Waals surface area (Å²) in [5.41, 5.74) is 3.49. The fourth-order valence-electron chi connectivity index (χ4n) is 9.88. The molecule has 3 aromatic rings. The summed E-state index contributed by atoms with van der Waals surface area (Å²) < 4.78 is 57.1. The van der Waals surface area contributed by atoms with Gasteiger partial charge < -0.3 is 42.6 Å². The van der Waals surface area contributed by atoms with Crippen LogP contribution >= 0.6 is 0 Å². The lowest BCUT2D eigenvalue weighted by atomic mass is 9.79. The van der Waals surface area contributed by atoms with Gasteiger partial charge in [0.15, 0.2) is 0 Å². The third kappa shape index (κ3) is 13.5. The average Bonchev–Trinajstić information content (AvgIpc) is 3.69. The molecule has 0 saturated carbocycles. The highest BCUT2D eigenvalue weighted by Crippen LogP contribution is 2.43. The van der Waals surface area contributed by atoms with Crippen molar-refractivity contribution in [1.82, 2.24) is 0 Å². The lowest BCUT2D eigenvalue weighted by Gasteiger charge is -2.51. The number of hydrogen-bond donors (Lipinski definition) is 0. The van der Waals surface area contributed by atoms with E-state index in [1.807, 2.05) is 57.2 Å². The van der Waals surface area contributed by atoms with Crippen molar-refractivity contribution in [1.29, 1.82) is 0 Å². The minimum absolute atomic E-state index is 0.0169. The predicted molar refractivity (Wildman–Crippen MR) is 257 cm³/mol. The van der Waals surface area contributed by atoms with Crippen molar-refractivity contribution in [2.75, 3.05) is 20.3 Å². The lowest BCUT2D eigenvalue weighted by molar-refractivity contribution is -0.277. The molecule has 0 N–H and O–H groups in total. The second kappa shape index (κ2) is 23.6. The number of fused-ring (bicyclic) bond motifs is 1. The van der Waals surface area contributed by atoms with Gasteiger partial charge in [0.2, 0.25) is 0 Å². The molecule has 4 fully saturated rings. The average molecular weight is 937 g/mol. The van der Waals surface area contributed by atoms with Crippen LogP contribution in [0.15, 0.2) is 109 Å². The van der Waals surface area contributed by atoms with E-state index >= 15 is 0 Å². The van der Waals surface area contributed by atoms with E-state index in [-0.39, 0.29) is 48.8 Å². The van der Waals surface area contributed by atoms with Gasteiger partial charge in [-0.25, -0.2) is 9.59 Å². The van der Waals surface area contributed by atoms with Crippen molar-refractivity contribution in [2.45, 2.75) is 160 Å². The number of rotatable bonds is 19. The highest BCUT2D eigenvalue weighted by Gasteiger charge is 2.52. The summed E-state index contributed by atoms with van der Waals surface area (Å²) in [5, 5.41) is 0. The van der Waals surface area contributed by atoms with E-state index in [4.69, 9.17) is 42.6 Å². The molecule has 12 heteroatoms. The first kappa shape index (κ1) is 51.0. The Morgan fingerprint density at radius 3 is 2.06 bits per heavy atom. The van der Waals surface area contributed by atoms with Crippen LogP contribution in [0.5, 0.6) is 5.75 Å². The van der Waals surface area contributed by atoms with Crippen LogP contribution in [-0.2, 0) is 49.3 Å². The third-order valence-electron chi connectivity index (χ3n) is 13.9. The number of benzene rings is 3. The van der Waals surface area contributed by atoms with E-state index in [0.717, 1.165) is 61.0 Å². The Balaban J connectivity index is 1.03. The lowest BCUT2D eigenvalue weighted by Crippen LogP contribution is -2.61. The zero-order chi connectivity index (χ0) is 48.4. The minimum Gasteiger partial charge on any atom is -0.497 e. The molecule has 0 spiro atoms. The molecule has 0 bridgehead atoms. The van der Waals surface area contributed by atoms with Crippen LogP contribution in [0.2, 0.25) is 0 Å². The molecule has 4 heterocycles. The van der Waals surface area contributed by atoms with Crippen molar-refractivity contribution in [3.05, 3.63) is 126 Å². The largest absolute Gasteiger partial charge is 0.497 e. The monoisotopic (exact) mass is 937 g/mol. The Kier molecular flexibility index (Phi) is 17.7. The van der Waals surface area contributed by atoms with Gasteiger partial charge in [-0.15, -0.1) is 0 Å². The number of esters is 3. The van der Waals surface area contributed by atoms with Crippen molar-refractivity contribution < 1.29 is 57.0 Å². The molecule has 0 amide bonds. The van der Waals surface area contributed by atoms with Crippen molar-refractivity contribution in [3.63, 3.8) is 0 Å². The second-order valence-corrected chi connectivity index (χ2v) is 20.1. The second-order valence-electron chi connectivity index (χ2n) is 20.1. The van der Waals surface area contributed by atoms with Crippen molar-refractivity contribution in [2.24, 2.45) is 17.3 Å². The van der Waals surface area contributed by atoms with Gasteiger partial charge in [-0.2, -0.15) is 0 Å². The topological polar surface area (TPSA) is 134 Å². The highest BCUT2D eigenvalue weighted by atomic mass is 16.6. The number of ether oxygens (including phenoxy) is 9. The van der Waals surface area contributed by atoms with E-state index in [1.54, 1.807) is 55.6 Å². The Bertz CT molecular complexity index is 2130. The SMILES string of the molecule is C=C1C(C)CC(CC[C@@H]2O[C@@H](CCCOC(=O)C(C)(C)C)CC2=C)OC1C[C@@H]1OC2CC(OC(=O)c3ccccc3)C(CCOC(=O)c3ccccc3)O[C@H]2[C@H](C)C1OCc1ccc(OC)cc1. The molecule has 368 valence electrons. The number of carbonyl (C=O) groups is 3. The summed E-state index contributed by atoms with van der Waals surface area (Å²) in [6.07, 6.45) is 2.83. The fraction of sp³-hybridized carbons (Fsp3) is 0.554. The molecule has 4 aliphatic heterocycles. The normalized spacial score (nSPS) is 29.4. The van der Waals surface area contributed by atoms with E-state index in [0.29, 0.717) is 43.6 Å². The van der Waals surface area contributed by atoms with Gasteiger partial charge in [0.05, 0.1) is 98.4 Å². The number of carbonyl (C=O) groups excluding carboxylic acids is 3. The van der Waals surface area contributed by atoms with Gasteiger partial charge in [-0.3, -0.25) is 4.79 Å². The first-order chi connectivity index (χ1) is 32.7. The summed E-state index contributed by atoms with van der Waals surface area (Å²) in [4.78, 5) is 38.7. The van der Waals surface area contributed by atoms with Crippen molar-refractivity contribution in [3.8, 4) is 5.75 Å². The minimum atomic E-state index is -0.674. The number of hydrogen-bond acceptors (Lipinski definition) is 12. The van der Waals surface area contributed by atoms with Gasteiger partial charge in [-0.05, 0) is 118 Å². The summed E-state index contributed by atoms with van der Waals surface area (Å²) in [7, 11) is 1.64. The number of methoxy groups -OCH3 is 1. The van der Waals surface area contributed by atoms with Crippen LogP contribution in [0, 0.1) is 17.3 Å². The molecule has 0 radical (unpaired) electrons. The molecule has 12 nitrogen and oxygen atoms in total. The van der Waals surface area contributed by atoms with Crippen LogP contribution in [0.3, 0.4) is 0 Å². The van der Waals surface area contributed by atoms with Gasteiger partial charge in [0, 0.05) is 25.2 Å². The van der Waals surface area contributed by atoms with Crippen molar-refractivity contribution >= 4 is 17.9 Å². The maximum Gasteiger partial charge on any atom is 0.338 e.